The fourth-order valence-electron chi connectivity index (χ4n) is 6.15. The van der Waals surface area contributed by atoms with E-state index >= 15 is 0 Å². The zero-order valence-electron chi connectivity index (χ0n) is 40.0. The molecule has 0 spiro atoms. The third kappa shape index (κ3) is 48.4. The molecule has 6 heteroatoms. The number of allylic oxidation sites excluding steroid dienone is 22. The lowest BCUT2D eigenvalue weighted by Gasteiger charge is -2.18. The van der Waals surface area contributed by atoms with Crippen LogP contribution in [0.3, 0.4) is 0 Å². The lowest BCUT2D eigenvalue weighted by molar-refractivity contribution is -0.167. The Balaban J connectivity index is 4.55. The van der Waals surface area contributed by atoms with Gasteiger partial charge in [-0.25, -0.2) is 0 Å². The molecule has 0 aromatic rings. The molecule has 0 aliphatic carbocycles. The summed E-state index contributed by atoms with van der Waals surface area (Å²) >= 11 is 0. The number of carbonyl (C=O) groups excluding carboxylic acids is 3. The number of esters is 3. The van der Waals surface area contributed by atoms with E-state index in [1.54, 1.807) is 0 Å². The number of ether oxygens (including phenoxy) is 3. The zero-order chi connectivity index (χ0) is 45.8. The van der Waals surface area contributed by atoms with Crippen LogP contribution in [0, 0.1) is 0 Å². The summed E-state index contributed by atoms with van der Waals surface area (Å²) < 4.78 is 16.7. The highest BCUT2D eigenvalue weighted by atomic mass is 16.6. The van der Waals surface area contributed by atoms with Gasteiger partial charge in [0.05, 0.1) is 0 Å². The summed E-state index contributed by atoms with van der Waals surface area (Å²) in [7, 11) is 0. The van der Waals surface area contributed by atoms with Crippen molar-refractivity contribution in [3.63, 3.8) is 0 Å². The highest BCUT2D eigenvalue weighted by molar-refractivity contribution is 5.71. The third-order valence-electron chi connectivity index (χ3n) is 9.76. The van der Waals surface area contributed by atoms with E-state index in [1.165, 1.54) is 25.7 Å². The molecular weight excluding hydrogens is 781 g/mol. The number of hydrogen-bond donors (Lipinski definition) is 0. The minimum absolute atomic E-state index is 0.118. The number of rotatable bonds is 42. The Morgan fingerprint density at radius 3 is 1.13 bits per heavy atom. The molecule has 0 heterocycles. The number of carbonyl (C=O) groups is 3. The molecule has 0 aliphatic rings. The van der Waals surface area contributed by atoms with E-state index in [1.807, 2.05) is 54.7 Å². The van der Waals surface area contributed by atoms with E-state index in [0.717, 1.165) is 116 Å². The van der Waals surface area contributed by atoms with Crippen LogP contribution in [-0.4, -0.2) is 37.2 Å². The van der Waals surface area contributed by atoms with E-state index in [4.69, 9.17) is 14.2 Å². The molecular formula is C57H88O6. The fraction of sp³-hybridized carbons (Fsp3) is 0.561. The smallest absolute Gasteiger partial charge is 0.306 e. The molecule has 1 unspecified atom stereocenters. The predicted octanol–water partition coefficient (Wildman–Crippen LogP) is 16.3. The first kappa shape index (κ1) is 58.6. The second-order valence-corrected chi connectivity index (χ2v) is 15.7. The van der Waals surface area contributed by atoms with E-state index in [-0.39, 0.29) is 44.0 Å². The predicted molar refractivity (Wildman–Crippen MR) is 269 cm³/mol. The van der Waals surface area contributed by atoms with E-state index in [0.29, 0.717) is 12.8 Å². The molecule has 63 heavy (non-hydrogen) atoms. The Labute approximate surface area is 385 Å². The lowest BCUT2D eigenvalue weighted by Crippen LogP contribution is -2.30. The van der Waals surface area contributed by atoms with Gasteiger partial charge in [-0.3, -0.25) is 14.4 Å². The molecule has 0 fully saturated rings. The van der Waals surface area contributed by atoms with Crippen LogP contribution in [0.5, 0.6) is 0 Å². The maximum absolute atomic E-state index is 12.8. The fourth-order valence-corrected chi connectivity index (χ4v) is 6.15. The van der Waals surface area contributed by atoms with Crippen LogP contribution in [0.2, 0.25) is 0 Å². The maximum atomic E-state index is 12.8. The van der Waals surface area contributed by atoms with Crippen LogP contribution in [0.1, 0.15) is 188 Å². The molecule has 1 atom stereocenters. The molecule has 0 bridgehead atoms. The maximum Gasteiger partial charge on any atom is 0.306 e. The molecule has 0 amide bonds. The molecule has 352 valence electrons. The second kappa shape index (κ2) is 50.2. The highest BCUT2D eigenvalue weighted by Crippen LogP contribution is 2.13. The molecule has 0 radical (unpaired) electrons. The first-order chi connectivity index (χ1) is 31.0. The minimum atomic E-state index is -0.824. The van der Waals surface area contributed by atoms with Gasteiger partial charge in [-0.05, 0) is 96.3 Å². The number of hydrogen-bond acceptors (Lipinski definition) is 6. The van der Waals surface area contributed by atoms with Gasteiger partial charge in [0.2, 0.25) is 0 Å². The van der Waals surface area contributed by atoms with Crippen LogP contribution >= 0.6 is 0 Å². The summed E-state index contributed by atoms with van der Waals surface area (Å²) in [5.74, 6) is -1.03. The largest absolute Gasteiger partial charge is 0.462 e. The Morgan fingerprint density at radius 2 is 0.667 bits per heavy atom. The monoisotopic (exact) mass is 869 g/mol. The van der Waals surface area contributed by atoms with Crippen molar-refractivity contribution >= 4 is 17.9 Å². The summed E-state index contributed by atoms with van der Waals surface area (Å²) in [6, 6.07) is 0. The van der Waals surface area contributed by atoms with Crippen molar-refractivity contribution in [2.75, 3.05) is 13.2 Å². The topological polar surface area (TPSA) is 78.9 Å². The SMILES string of the molecule is CC\C=C/C=C\C=C/C=C\C=C/CCCC(=O)OCC(COC(=O)CCCCCCCC/C=C\C/C=C\C/C=C\CC)OC(=O)CCCCCCCC/C=C\C/C=C\C/C=C\CC. The van der Waals surface area contributed by atoms with Crippen LogP contribution in [0.15, 0.2) is 134 Å². The lowest BCUT2D eigenvalue weighted by atomic mass is 10.1. The summed E-state index contributed by atoms with van der Waals surface area (Å²) in [4.78, 5) is 37.9. The summed E-state index contributed by atoms with van der Waals surface area (Å²) in [6.45, 7) is 6.16. The van der Waals surface area contributed by atoms with Gasteiger partial charge in [-0.1, -0.05) is 206 Å². The molecule has 0 aliphatic heterocycles. The van der Waals surface area contributed by atoms with Gasteiger partial charge in [0.25, 0.3) is 0 Å². The molecule has 0 aromatic carbocycles. The van der Waals surface area contributed by atoms with Crippen molar-refractivity contribution in [2.45, 2.75) is 194 Å². The Morgan fingerprint density at radius 1 is 0.333 bits per heavy atom. The van der Waals surface area contributed by atoms with Crippen LogP contribution in [0.25, 0.3) is 0 Å². The van der Waals surface area contributed by atoms with Crippen molar-refractivity contribution < 1.29 is 28.6 Å². The van der Waals surface area contributed by atoms with Crippen LogP contribution in [0.4, 0.5) is 0 Å². The molecule has 6 nitrogen and oxygen atoms in total. The summed E-state index contributed by atoms with van der Waals surface area (Å²) in [5, 5.41) is 0. The van der Waals surface area contributed by atoms with E-state index in [9.17, 15) is 14.4 Å². The summed E-state index contributed by atoms with van der Waals surface area (Å²) in [5.41, 5.74) is 0. The molecule has 0 rings (SSSR count). The third-order valence-corrected chi connectivity index (χ3v) is 9.76. The normalized spacial score (nSPS) is 13.3. The van der Waals surface area contributed by atoms with Crippen LogP contribution < -0.4 is 0 Å². The minimum Gasteiger partial charge on any atom is -0.462 e. The second-order valence-electron chi connectivity index (χ2n) is 15.7. The first-order valence-corrected chi connectivity index (χ1v) is 24.8. The van der Waals surface area contributed by atoms with Gasteiger partial charge < -0.3 is 14.2 Å². The van der Waals surface area contributed by atoms with Crippen molar-refractivity contribution in [2.24, 2.45) is 0 Å². The Kier molecular flexibility index (Phi) is 46.7. The van der Waals surface area contributed by atoms with Gasteiger partial charge in [0.15, 0.2) is 6.10 Å². The van der Waals surface area contributed by atoms with Gasteiger partial charge in [0.1, 0.15) is 13.2 Å². The van der Waals surface area contributed by atoms with Gasteiger partial charge in [-0.15, -0.1) is 0 Å². The zero-order valence-corrected chi connectivity index (χ0v) is 40.0. The van der Waals surface area contributed by atoms with Gasteiger partial charge in [-0.2, -0.15) is 0 Å². The quantitative estimate of drug-likeness (QED) is 0.0200. The average Bonchev–Trinajstić information content (AvgIpc) is 3.28. The highest BCUT2D eigenvalue weighted by Gasteiger charge is 2.19. The summed E-state index contributed by atoms with van der Waals surface area (Å²) in [6.07, 6.45) is 70.1. The van der Waals surface area contributed by atoms with E-state index < -0.39 is 6.10 Å². The Bertz CT molecular complexity index is 1420. The standard InChI is InChI=1S/C57H88O6/c1-4-7-10-13-16-19-22-25-27-29-32-35-38-41-44-47-50-56(59)62-53-54(52-61-55(58)49-46-43-40-37-34-31-24-21-18-15-12-9-6-3)63-57(60)51-48-45-42-39-36-33-30-28-26-23-20-17-14-11-8-5-2/h7-12,15-21,24-28,31,34,37,40,54H,4-6,13-14,22-23,29-30,32-33,35-36,38-39,41-53H2,1-3H3/b10-7-,11-8-,12-9-,18-15-,19-16-,20-17-,24-21-,27-25-,28-26-,34-31-,40-37-. The van der Waals surface area contributed by atoms with Crippen molar-refractivity contribution in [3.05, 3.63) is 134 Å². The molecule has 0 saturated heterocycles. The average molecular weight is 869 g/mol. The van der Waals surface area contributed by atoms with Crippen molar-refractivity contribution in [3.8, 4) is 0 Å². The van der Waals surface area contributed by atoms with Crippen LogP contribution in [-0.2, 0) is 28.6 Å². The number of unbranched alkanes of at least 4 members (excludes halogenated alkanes) is 13. The first-order valence-electron chi connectivity index (χ1n) is 24.8. The molecule has 0 N–H and O–H groups in total. The van der Waals surface area contributed by atoms with Crippen molar-refractivity contribution in [1.29, 1.82) is 0 Å². The van der Waals surface area contributed by atoms with Gasteiger partial charge in [0, 0.05) is 19.3 Å². The van der Waals surface area contributed by atoms with E-state index in [2.05, 4.69) is 99.8 Å². The Hall–Kier alpha value is -4.45. The molecule has 0 saturated carbocycles. The molecule has 0 aromatic heterocycles. The van der Waals surface area contributed by atoms with Gasteiger partial charge >= 0.3 is 17.9 Å². The van der Waals surface area contributed by atoms with Crippen molar-refractivity contribution in [1.82, 2.24) is 0 Å².